The summed E-state index contributed by atoms with van der Waals surface area (Å²) in [6, 6.07) is 31.1. The molecule has 0 unspecified atom stereocenters. The van der Waals surface area contributed by atoms with Gasteiger partial charge in [0, 0.05) is 30.8 Å². The van der Waals surface area contributed by atoms with Crippen LogP contribution < -0.4 is 9.47 Å². The number of rotatable bonds is 8. The summed E-state index contributed by atoms with van der Waals surface area (Å²) in [4.78, 5) is 13.2. The van der Waals surface area contributed by atoms with E-state index < -0.39 is 6.10 Å². The van der Waals surface area contributed by atoms with Crippen LogP contribution in [0.1, 0.15) is 52.7 Å². The highest BCUT2D eigenvalue weighted by Gasteiger charge is 2.40. The molecule has 4 aromatic rings. The molecule has 0 aliphatic carbocycles. The van der Waals surface area contributed by atoms with E-state index in [9.17, 15) is 15.2 Å². The van der Waals surface area contributed by atoms with Crippen molar-refractivity contribution in [3.63, 3.8) is 0 Å². The van der Waals surface area contributed by atoms with Gasteiger partial charge in [-0.05, 0) is 59.2 Å². The molecule has 7 heteroatoms. The van der Waals surface area contributed by atoms with Crippen molar-refractivity contribution < 1.29 is 19.5 Å². The number of hydrogen-bond acceptors (Lipinski definition) is 6. The molecule has 1 fully saturated rings. The number of nitro benzene ring substituents is 1. The summed E-state index contributed by atoms with van der Waals surface area (Å²) < 4.78 is 12.7. The Labute approximate surface area is 233 Å². The maximum absolute atomic E-state index is 11.2. The van der Waals surface area contributed by atoms with Gasteiger partial charge >= 0.3 is 0 Å². The Hall–Kier alpha value is -4.20. The molecule has 0 spiro atoms. The Balaban J connectivity index is 1.31. The number of nitrogens with zero attached hydrogens (tertiary/aromatic N) is 2. The van der Waals surface area contributed by atoms with E-state index in [0.29, 0.717) is 31.8 Å². The molecule has 0 radical (unpaired) electrons. The Morgan fingerprint density at radius 2 is 1.38 bits per heavy atom. The van der Waals surface area contributed by atoms with Crippen molar-refractivity contribution in [2.24, 2.45) is 0 Å². The van der Waals surface area contributed by atoms with Crippen LogP contribution in [0.25, 0.3) is 0 Å². The zero-order valence-corrected chi connectivity index (χ0v) is 22.2. The molecule has 4 aromatic carbocycles. The maximum Gasteiger partial charge on any atom is 0.269 e. The van der Waals surface area contributed by atoms with E-state index in [1.807, 2.05) is 72.8 Å². The summed E-state index contributed by atoms with van der Waals surface area (Å²) in [5.74, 6) is 1.41. The van der Waals surface area contributed by atoms with Gasteiger partial charge in [-0.3, -0.25) is 15.0 Å². The van der Waals surface area contributed by atoms with Crippen LogP contribution in [-0.2, 0) is 19.6 Å². The summed E-state index contributed by atoms with van der Waals surface area (Å²) in [5, 5.41) is 22.1. The van der Waals surface area contributed by atoms with Crippen molar-refractivity contribution in [2.45, 2.75) is 50.7 Å². The summed E-state index contributed by atoms with van der Waals surface area (Å²) >= 11 is 0. The van der Waals surface area contributed by atoms with Crippen molar-refractivity contribution in [3.05, 3.63) is 135 Å². The minimum atomic E-state index is -0.477. The minimum Gasteiger partial charge on any atom is -0.485 e. The number of non-ortho nitro benzene ring substituents is 1. The third-order valence-corrected chi connectivity index (χ3v) is 7.96. The number of aliphatic hydroxyl groups excluding tert-OH is 1. The Kier molecular flexibility index (Phi) is 7.49. The molecule has 1 N–H and O–H groups in total. The van der Waals surface area contributed by atoms with Gasteiger partial charge in [0.25, 0.3) is 5.69 Å². The van der Waals surface area contributed by atoms with Crippen molar-refractivity contribution in [3.8, 4) is 11.5 Å². The second-order valence-corrected chi connectivity index (χ2v) is 10.5. The fourth-order valence-electron chi connectivity index (χ4n) is 5.95. The molecule has 6 rings (SSSR count). The molecule has 0 saturated carbocycles. The second kappa shape index (κ2) is 11.5. The number of ether oxygens (including phenoxy) is 2. The Morgan fingerprint density at radius 3 is 1.98 bits per heavy atom. The first-order valence-electron chi connectivity index (χ1n) is 13.7. The van der Waals surface area contributed by atoms with Crippen molar-refractivity contribution >= 4 is 5.69 Å². The first kappa shape index (κ1) is 26.0. The fourth-order valence-corrected chi connectivity index (χ4v) is 5.95. The quantitative estimate of drug-likeness (QED) is 0.203. The second-order valence-electron chi connectivity index (χ2n) is 10.5. The SMILES string of the molecule is O=[N+]([O-])c1ccc([C@@H]2C[C@@H](O)C[C@H]3c4cc(OCc5ccccc5)c(OCc5ccccc5)cc4CCN23)cc1. The summed E-state index contributed by atoms with van der Waals surface area (Å²) in [5.41, 5.74) is 5.56. The van der Waals surface area contributed by atoms with Gasteiger partial charge in [0.1, 0.15) is 13.2 Å². The summed E-state index contributed by atoms with van der Waals surface area (Å²) in [6.07, 6.45) is 1.58. The normalized spacial score (nSPS) is 20.3. The topological polar surface area (TPSA) is 85.1 Å². The lowest BCUT2D eigenvalue weighted by atomic mass is 9.81. The van der Waals surface area contributed by atoms with Crippen LogP contribution in [0.3, 0.4) is 0 Å². The molecule has 0 bridgehead atoms. The fraction of sp³-hybridized carbons (Fsp3) is 0.273. The number of piperidine rings is 1. The lowest BCUT2D eigenvalue weighted by Gasteiger charge is -2.47. The van der Waals surface area contributed by atoms with Crippen LogP contribution in [0, 0.1) is 10.1 Å². The van der Waals surface area contributed by atoms with Gasteiger partial charge in [0.2, 0.25) is 0 Å². The third-order valence-electron chi connectivity index (χ3n) is 7.96. The van der Waals surface area contributed by atoms with E-state index in [-0.39, 0.29) is 22.7 Å². The standard InChI is InChI=1S/C33H32N2O5/c36-28-18-30(25-11-13-27(14-12-25)35(37)38)34-16-15-26-17-32(39-21-23-7-3-1-4-8-23)33(20-29(26)31(34)19-28)40-22-24-9-5-2-6-10-24/h1-14,17,20,28,30-31,36H,15-16,18-19,21-22H2/t28-,30+,31+/m1/s1. The van der Waals surface area contributed by atoms with Gasteiger partial charge in [0.05, 0.1) is 11.0 Å². The van der Waals surface area contributed by atoms with Gasteiger partial charge in [-0.25, -0.2) is 0 Å². The molecule has 40 heavy (non-hydrogen) atoms. The van der Waals surface area contributed by atoms with Crippen LogP contribution >= 0.6 is 0 Å². The van der Waals surface area contributed by atoms with E-state index >= 15 is 0 Å². The molecule has 1 saturated heterocycles. The monoisotopic (exact) mass is 536 g/mol. The lowest BCUT2D eigenvalue weighted by molar-refractivity contribution is -0.384. The third kappa shape index (κ3) is 5.57. The van der Waals surface area contributed by atoms with Gasteiger partial charge in [-0.15, -0.1) is 0 Å². The van der Waals surface area contributed by atoms with Crippen LogP contribution in [-0.4, -0.2) is 27.6 Å². The summed E-state index contributed by atoms with van der Waals surface area (Å²) in [7, 11) is 0. The molecule has 0 aromatic heterocycles. The van der Waals surface area contributed by atoms with E-state index in [1.165, 1.54) is 5.56 Å². The van der Waals surface area contributed by atoms with Gasteiger partial charge in [0.15, 0.2) is 11.5 Å². The number of fused-ring (bicyclic) bond motifs is 3. The van der Waals surface area contributed by atoms with Gasteiger partial charge in [-0.1, -0.05) is 72.8 Å². The highest BCUT2D eigenvalue weighted by Crippen LogP contribution is 2.47. The van der Waals surface area contributed by atoms with E-state index in [2.05, 4.69) is 17.0 Å². The first-order valence-corrected chi connectivity index (χ1v) is 13.7. The summed E-state index contributed by atoms with van der Waals surface area (Å²) in [6.45, 7) is 1.69. The number of benzene rings is 4. The minimum absolute atomic E-state index is 0.00920. The zero-order chi connectivity index (χ0) is 27.5. The van der Waals surface area contributed by atoms with E-state index in [1.54, 1.807) is 12.1 Å². The van der Waals surface area contributed by atoms with E-state index in [0.717, 1.165) is 41.0 Å². The predicted octanol–water partition coefficient (Wildman–Crippen LogP) is 6.55. The van der Waals surface area contributed by atoms with Gasteiger partial charge < -0.3 is 14.6 Å². The number of hydrogen-bond donors (Lipinski definition) is 1. The van der Waals surface area contributed by atoms with Crippen LogP contribution in [0.4, 0.5) is 5.69 Å². The van der Waals surface area contributed by atoms with Crippen molar-refractivity contribution in [2.75, 3.05) is 6.54 Å². The van der Waals surface area contributed by atoms with Crippen LogP contribution in [0.15, 0.2) is 97.1 Å². The lowest BCUT2D eigenvalue weighted by Crippen LogP contribution is -2.45. The molecular weight excluding hydrogens is 504 g/mol. The molecule has 2 heterocycles. The van der Waals surface area contributed by atoms with Crippen molar-refractivity contribution in [1.82, 2.24) is 4.90 Å². The highest BCUT2D eigenvalue weighted by atomic mass is 16.6. The Bertz CT molecular complexity index is 1460. The average Bonchev–Trinajstić information content (AvgIpc) is 2.99. The molecule has 3 atom stereocenters. The smallest absolute Gasteiger partial charge is 0.269 e. The average molecular weight is 537 g/mol. The largest absolute Gasteiger partial charge is 0.485 e. The van der Waals surface area contributed by atoms with E-state index in [4.69, 9.17) is 9.47 Å². The number of nitro groups is 1. The molecule has 0 amide bonds. The van der Waals surface area contributed by atoms with Crippen molar-refractivity contribution in [1.29, 1.82) is 0 Å². The zero-order valence-electron chi connectivity index (χ0n) is 22.2. The van der Waals surface area contributed by atoms with Crippen LogP contribution in [0.2, 0.25) is 0 Å². The molecule has 7 nitrogen and oxygen atoms in total. The number of aliphatic hydroxyl groups is 1. The molecule has 2 aliphatic rings. The van der Waals surface area contributed by atoms with Crippen LogP contribution in [0.5, 0.6) is 11.5 Å². The first-order chi connectivity index (χ1) is 19.5. The maximum atomic E-state index is 11.2. The predicted molar refractivity (Wildman–Crippen MR) is 152 cm³/mol. The molecular formula is C33H32N2O5. The van der Waals surface area contributed by atoms with Gasteiger partial charge in [-0.2, -0.15) is 0 Å². The Morgan fingerprint density at radius 1 is 0.800 bits per heavy atom. The highest BCUT2D eigenvalue weighted by molar-refractivity contribution is 5.50. The molecule has 2 aliphatic heterocycles. The molecule has 204 valence electrons.